The second kappa shape index (κ2) is 5.25. The van der Waals surface area contributed by atoms with Gasteiger partial charge in [0.05, 0.1) is 23.3 Å². The fraction of sp³-hybridized carbons (Fsp3) is 0.333. The first-order valence-corrected chi connectivity index (χ1v) is 6.82. The van der Waals surface area contributed by atoms with Gasteiger partial charge in [0.15, 0.2) is 5.43 Å². The van der Waals surface area contributed by atoms with Gasteiger partial charge in [-0.05, 0) is 18.9 Å². The third-order valence-corrected chi connectivity index (χ3v) is 3.97. The van der Waals surface area contributed by atoms with E-state index in [0.717, 1.165) is 0 Å². The zero-order valence-corrected chi connectivity index (χ0v) is 11.8. The molecule has 7 nitrogen and oxygen atoms in total. The standard InChI is InChI=1S/C15H13NO6/c1-21-15(18)8-2-4-12-10(6-8)14(17)11-7-9(16(19)20)3-5-13(11)22-12/h3,5,7-8H,2,4,6H2,1H3. The maximum absolute atomic E-state index is 12.6. The Kier molecular flexibility index (Phi) is 3.40. The molecule has 0 N–H and O–H groups in total. The van der Waals surface area contributed by atoms with Crippen molar-refractivity contribution in [2.45, 2.75) is 19.3 Å². The van der Waals surface area contributed by atoms with Gasteiger partial charge < -0.3 is 9.15 Å². The summed E-state index contributed by atoms with van der Waals surface area (Å²) in [6.07, 6.45) is 1.27. The molecule has 0 fully saturated rings. The Balaban J connectivity index is 2.14. The SMILES string of the molecule is COC(=O)C1CCc2oc3ccc([N+](=O)[O-])cc3c(=O)c2C1. The van der Waals surface area contributed by atoms with Crippen molar-refractivity contribution < 1.29 is 18.9 Å². The van der Waals surface area contributed by atoms with E-state index < -0.39 is 4.92 Å². The van der Waals surface area contributed by atoms with Gasteiger partial charge in [-0.25, -0.2) is 0 Å². The molecule has 114 valence electrons. The smallest absolute Gasteiger partial charge is 0.309 e. The zero-order chi connectivity index (χ0) is 15.9. The number of non-ortho nitro benzene ring substituents is 1. The van der Waals surface area contributed by atoms with Gasteiger partial charge in [-0.15, -0.1) is 0 Å². The molecule has 1 aromatic heterocycles. The first kappa shape index (κ1) is 14.2. The molecule has 2 aromatic rings. The lowest BCUT2D eigenvalue weighted by Gasteiger charge is -2.21. The highest BCUT2D eigenvalue weighted by molar-refractivity contribution is 5.80. The molecule has 1 aliphatic rings. The molecule has 0 aliphatic heterocycles. The Labute approximate surface area is 124 Å². The van der Waals surface area contributed by atoms with E-state index in [0.29, 0.717) is 29.7 Å². The Bertz CT molecular complexity index is 838. The van der Waals surface area contributed by atoms with Gasteiger partial charge in [-0.3, -0.25) is 19.7 Å². The van der Waals surface area contributed by atoms with Gasteiger partial charge in [0.2, 0.25) is 0 Å². The van der Waals surface area contributed by atoms with Crippen molar-refractivity contribution in [1.29, 1.82) is 0 Å². The van der Waals surface area contributed by atoms with Crippen molar-refractivity contribution in [2.24, 2.45) is 5.92 Å². The molecule has 0 saturated carbocycles. The number of hydrogen-bond acceptors (Lipinski definition) is 6. The van der Waals surface area contributed by atoms with Crippen LogP contribution in [0.15, 0.2) is 27.4 Å². The molecule has 0 saturated heterocycles. The fourth-order valence-corrected chi connectivity index (χ4v) is 2.81. The van der Waals surface area contributed by atoms with Crippen LogP contribution in [0, 0.1) is 16.0 Å². The summed E-state index contributed by atoms with van der Waals surface area (Å²) in [4.78, 5) is 34.5. The highest BCUT2D eigenvalue weighted by Crippen LogP contribution is 2.28. The molecular weight excluding hydrogens is 290 g/mol. The van der Waals surface area contributed by atoms with Crippen LogP contribution in [0.25, 0.3) is 11.0 Å². The number of aryl methyl sites for hydroxylation is 1. The number of ether oxygens (including phenoxy) is 1. The van der Waals surface area contributed by atoms with E-state index in [1.54, 1.807) is 0 Å². The second-order valence-electron chi connectivity index (χ2n) is 5.23. The summed E-state index contributed by atoms with van der Waals surface area (Å²) in [6.45, 7) is 0. The highest BCUT2D eigenvalue weighted by Gasteiger charge is 2.29. The molecule has 1 aromatic carbocycles. The van der Waals surface area contributed by atoms with E-state index in [2.05, 4.69) is 0 Å². The maximum atomic E-state index is 12.6. The van der Waals surface area contributed by atoms with E-state index in [-0.39, 0.29) is 34.8 Å². The van der Waals surface area contributed by atoms with Crippen LogP contribution in [0.5, 0.6) is 0 Å². The number of nitro groups is 1. The van der Waals surface area contributed by atoms with E-state index in [1.807, 2.05) is 0 Å². The van der Waals surface area contributed by atoms with Crippen molar-refractivity contribution in [1.82, 2.24) is 0 Å². The minimum absolute atomic E-state index is 0.165. The normalized spacial score (nSPS) is 17.0. The lowest BCUT2D eigenvalue weighted by molar-refractivity contribution is -0.384. The van der Waals surface area contributed by atoms with Crippen LogP contribution in [0.1, 0.15) is 17.7 Å². The summed E-state index contributed by atoms with van der Waals surface area (Å²) >= 11 is 0. The molecule has 7 heteroatoms. The summed E-state index contributed by atoms with van der Waals surface area (Å²) in [6, 6.07) is 3.95. The quantitative estimate of drug-likeness (QED) is 0.478. The molecule has 3 rings (SSSR count). The molecule has 0 spiro atoms. The summed E-state index contributed by atoms with van der Waals surface area (Å²) in [5, 5.41) is 11.0. The van der Waals surface area contributed by atoms with Gasteiger partial charge in [0.25, 0.3) is 5.69 Å². The third kappa shape index (κ3) is 2.24. The van der Waals surface area contributed by atoms with Crippen LogP contribution in [0.3, 0.4) is 0 Å². The summed E-state index contributed by atoms with van der Waals surface area (Å²) < 4.78 is 10.4. The van der Waals surface area contributed by atoms with Gasteiger partial charge >= 0.3 is 5.97 Å². The van der Waals surface area contributed by atoms with Gasteiger partial charge in [0, 0.05) is 24.1 Å². The lowest BCUT2D eigenvalue weighted by atomic mass is 9.86. The summed E-state index contributed by atoms with van der Waals surface area (Å²) in [5.41, 5.74) is 0.258. The van der Waals surface area contributed by atoms with Gasteiger partial charge in [-0.2, -0.15) is 0 Å². The fourth-order valence-electron chi connectivity index (χ4n) is 2.81. The summed E-state index contributed by atoms with van der Waals surface area (Å²) in [7, 11) is 1.31. The van der Waals surface area contributed by atoms with Crippen molar-refractivity contribution in [2.75, 3.05) is 7.11 Å². The molecule has 0 bridgehead atoms. The van der Waals surface area contributed by atoms with E-state index in [9.17, 15) is 19.7 Å². The number of fused-ring (bicyclic) bond motifs is 2. The molecule has 0 radical (unpaired) electrons. The average Bonchev–Trinajstić information content (AvgIpc) is 2.53. The summed E-state index contributed by atoms with van der Waals surface area (Å²) in [5.74, 6) is -0.188. The first-order chi connectivity index (χ1) is 10.5. The third-order valence-electron chi connectivity index (χ3n) is 3.97. The number of esters is 1. The number of hydrogen-bond donors (Lipinski definition) is 0. The average molecular weight is 303 g/mol. The Morgan fingerprint density at radius 1 is 1.45 bits per heavy atom. The van der Waals surface area contributed by atoms with Crippen LogP contribution in [0.2, 0.25) is 0 Å². The van der Waals surface area contributed by atoms with Crippen molar-refractivity contribution in [3.05, 3.63) is 49.9 Å². The molecule has 1 unspecified atom stereocenters. The minimum atomic E-state index is -0.560. The van der Waals surface area contributed by atoms with Crippen LogP contribution >= 0.6 is 0 Å². The Morgan fingerprint density at radius 2 is 2.23 bits per heavy atom. The minimum Gasteiger partial charge on any atom is -0.469 e. The van der Waals surface area contributed by atoms with Crippen molar-refractivity contribution in [3.63, 3.8) is 0 Å². The topological polar surface area (TPSA) is 99.7 Å². The molecule has 1 heterocycles. The highest BCUT2D eigenvalue weighted by atomic mass is 16.6. The van der Waals surface area contributed by atoms with Crippen molar-refractivity contribution >= 4 is 22.6 Å². The number of carbonyl (C=O) groups is 1. The molecule has 1 atom stereocenters. The Morgan fingerprint density at radius 3 is 2.91 bits per heavy atom. The van der Waals surface area contributed by atoms with E-state index >= 15 is 0 Å². The number of rotatable bonds is 2. The molecular formula is C15H13NO6. The van der Waals surface area contributed by atoms with E-state index in [1.165, 1.54) is 25.3 Å². The monoisotopic (exact) mass is 303 g/mol. The van der Waals surface area contributed by atoms with Crippen LogP contribution in [0.4, 0.5) is 5.69 Å². The van der Waals surface area contributed by atoms with Gasteiger partial charge in [-0.1, -0.05) is 0 Å². The lowest BCUT2D eigenvalue weighted by Crippen LogP contribution is -2.28. The number of methoxy groups -OCH3 is 1. The van der Waals surface area contributed by atoms with Crippen LogP contribution < -0.4 is 5.43 Å². The number of nitrogens with zero attached hydrogens (tertiary/aromatic N) is 1. The second-order valence-corrected chi connectivity index (χ2v) is 5.23. The van der Waals surface area contributed by atoms with Crippen LogP contribution in [-0.4, -0.2) is 18.0 Å². The number of nitro benzene ring substituents is 1. The van der Waals surface area contributed by atoms with E-state index in [4.69, 9.17) is 9.15 Å². The first-order valence-electron chi connectivity index (χ1n) is 6.82. The predicted octanol–water partition coefficient (Wildman–Crippen LogP) is 1.98. The molecule has 22 heavy (non-hydrogen) atoms. The zero-order valence-electron chi connectivity index (χ0n) is 11.8. The number of benzene rings is 1. The molecule has 0 amide bonds. The molecule has 1 aliphatic carbocycles. The number of carbonyl (C=O) groups excluding carboxylic acids is 1. The largest absolute Gasteiger partial charge is 0.469 e. The van der Waals surface area contributed by atoms with Gasteiger partial charge in [0.1, 0.15) is 11.3 Å². The maximum Gasteiger partial charge on any atom is 0.309 e. The van der Waals surface area contributed by atoms with Crippen molar-refractivity contribution in [3.8, 4) is 0 Å². The predicted molar refractivity (Wildman–Crippen MR) is 76.7 cm³/mol. The van der Waals surface area contributed by atoms with Crippen LogP contribution in [-0.2, 0) is 22.4 Å². The Hall–Kier alpha value is -2.70.